The molecule has 0 aromatic heterocycles. The fraction of sp³-hybridized carbons (Fsp3) is 0.632. The second-order valence-electron chi connectivity index (χ2n) is 7.66. The molecule has 0 spiro atoms. The normalized spacial score (nSPS) is 17.7. The summed E-state index contributed by atoms with van der Waals surface area (Å²) in [5.74, 6) is 0.380. The number of sulfonamides is 1. The van der Waals surface area contributed by atoms with Gasteiger partial charge in [-0.15, -0.1) is 0 Å². The number of nitrogens with zero attached hydrogens (tertiary/aromatic N) is 1. The molecule has 1 aromatic carbocycles. The van der Waals surface area contributed by atoms with E-state index in [1.165, 1.54) is 0 Å². The Morgan fingerprint density at radius 3 is 2.53 bits per heavy atom. The van der Waals surface area contributed by atoms with Crippen LogP contribution in [0.25, 0.3) is 0 Å². The molecule has 0 radical (unpaired) electrons. The molecule has 1 amide bonds. The Morgan fingerprint density at radius 1 is 1.30 bits per heavy atom. The molecule has 30 heavy (non-hydrogen) atoms. The van der Waals surface area contributed by atoms with Gasteiger partial charge in [-0.25, -0.2) is 13.1 Å². The van der Waals surface area contributed by atoms with Crippen molar-refractivity contribution < 1.29 is 26.4 Å². The lowest BCUT2D eigenvalue weighted by Gasteiger charge is -2.35. The molecule has 1 aliphatic heterocycles. The minimum absolute atomic E-state index is 0.122. The van der Waals surface area contributed by atoms with Gasteiger partial charge in [-0.3, -0.25) is 9.69 Å². The van der Waals surface area contributed by atoms with Gasteiger partial charge in [0, 0.05) is 25.6 Å². The van der Waals surface area contributed by atoms with Gasteiger partial charge >= 0.3 is 6.18 Å². The molecule has 1 atom stereocenters. The number of nitrogens with one attached hydrogen (secondary N) is 2. The lowest BCUT2D eigenvalue weighted by molar-refractivity contribution is -0.137. The molecule has 1 heterocycles. The van der Waals surface area contributed by atoms with Crippen LogP contribution in [0.4, 0.5) is 13.2 Å². The minimum atomic E-state index is -4.77. The third kappa shape index (κ3) is 7.11. The van der Waals surface area contributed by atoms with Crippen LogP contribution >= 0.6 is 11.6 Å². The van der Waals surface area contributed by atoms with E-state index in [1.807, 2.05) is 6.92 Å². The van der Waals surface area contributed by atoms with Crippen LogP contribution in [0.1, 0.15) is 38.7 Å². The first kappa shape index (κ1) is 24.9. The number of benzene rings is 1. The van der Waals surface area contributed by atoms with Crippen molar-refractivity contribution in [3.8, 4) is 0 Å². The zero-order chi connectivity index (χ0) is 22.5. The summed E-state index contributed by atoms with van der Waals surface area (Å²) in [4.78, 5) is 13.7. The number of carbonyl (C=O) groups is 1. The molecule has 1 saturated heterocycles. The van der Waals surface area contributed by atoms with Gasteiger partial charge in [-0.05, 0) is 57.0 Å². The van der Waals surface area contributed by atoms with E-state index in [2.05, 4.69) is 21.9 Å². The summed E-state index contributed by atoms with van der Waals surface area (Å²) in [7, 11) is -4.21. The molecule has 2 rings (SSSR count). The highest BCUT2D eigenvalue weighted by Crippen LogP contribution is 2.35. The predicted octanol–water partition coefficient (Wildman–Crippen LogP) is 3.26. The smallest absolute Gasteiger partial charge is 0.355 e. The zero-order valence-corrected chi connectivity index (χ0v) is 18.5. The first-order valence-corrected chi connectivity index (χ1v) is 11.6. The highest BCUT2D eigenvalue weighted by Gasteiger charge is 2.34. The van der Waals surface area contributed by atoms with E-state index in [0.717, 1.165) is 38.1 Å². The predicted molar refractivity (Wildman–Crippen MR) is 109 cm³/mol. The largest absolute Gasteiger partial charge is 0.417 e. The number of hydrogen-bond acceptors (Lipinski definition) is 4. The molecule has 1 aromatic rings. The van der Waals surface area contributed by atoms with Gasteiger partial charge in [0.2, 0.25) is 15.9 Å². The van der Waals surface area contributed by atoms with E-state index in [4.69, 9.17) is 11.6 Å². The molecule has 11 heteroatoms. The third-order valence-corrected chi connectivity index (χ3v) is 7.02. The van der Waals surface area contributed by atoms with Crippen LogP contribution in [-0.2, 0) is 21.0 Å². The van der Waals surface area contributed by atoms with E-state index in [-0.39, 0.29) is 24.9 Å². The number of carbonyl (C=O) groups excluding carboxylic acids is 1. The van der Waals surface area contributed by atoms with E-state index in [0.29, 0.717) is 18.5 Å². The Hall–Kier alpha value is -1.36. The molecule has 1 fully saturated rings. The van der Waals surface area contributed by atoms with Crippen molar-refractivity contribution in [3.05, 3.63) is 28.8 Å². The number of rotatable bonds is 8. The van der Waals surface area contributed by atoms with Crippen LogP contribution in [-0.4, -0.2) is 51.4 Å². The van der Waals surface area contributed by atoms with Crippen LogP contribution in [0.5, 0.6) is 0 Å². The summed E-state index contributed by atoms with van der Waals surface area (Å²) in [6, 6.07) is 2.52. The topological polar surface area (TPSA) is 78.5 Å². The fourth-order valence-electron chi connectivity index (χ4n) is 3.22. The molecule has 2 N–H and O–H groups in total. The Balaban J connectivity index is 1.82. The Kier molecular flexibility index (Phi) is 8.55. The van der Waals surface area contributed by atoms with Crippen molar-refractivity contribution in [2.45, 2.75) is 50.2 Å². The molecular formula is C19H27ClF3N3O3S. The second kappa shape index (κ2) is 10.3. The maximum atomic E-state index is 12.9. The summed E-state index contributed by atoms with van der Waals surface area (Å²) < 4.78 is 65.4. The molecule has 6 nitrogen and oxygen atoms in total. The lowest BCUT2D eigenvalue weighted by Crippen LogP contribution is -2.45. The van der Waals surface area contributed by atoms with E-state index in [1.54, 1.807) is 0 Å². The highest BCUT2D eigenvalue weighted by molar-refractivity contribution is 7.89. The van der Waals surface area contributed by atoms with Crippen molar-refractivity contribution in [1.82, 2.24) is 14.9 Å². The van der Waals surface area contributed by atoms with Gasteiger partial charge in [0.1, 0.15) is 0 Å². The van der Waals surface area contributed by atoms with Crippen molar-refractivity contribution in [2.24, 2.45) is 5.92 Å². The average Bonchev–Trinajstić information content (AvgIpc) is 2.65. The molecule has 170 valence electrons. The monoisotopic (exact) mass is 469 g/mol. The number of likely N-dealkylation sites (tertiary alicyclic amines) is 1. The van der Waals surface area contributed by atoms with Crippen LogP contribution in [0.15, 0.2) is 23.1 Å². The van der Waals surface area contributed by atoms with Gasteiger partial charge in [0.05, 0.1) is 15.5 Å². The summed E-state index contributed by atoms with van der Waals surface area (Å²) in [6.45, 7) is 6.44. The van der Waals surface area contributed by atoms with Gasteiger partial charge in [-0.1, -0.05) is 18.5 Å². The number of hydrogen-bond donors (Lipinski definition) is 2. The first-order chi connectivity index (χ1) is 13.9. The molecular weight excluding hydrogens is 443 g/mol. The number of piperidine rings is 1. The Bertz CT molecular complexity index is 841. The second-order valence-corrected chi connectivity index (χ2v) is 9.83. The minimum Gasteiger partial charge on any atom is -0.355 e. The zero-order valence-electron chi connectivity index (χ0n) is 16.9. The Morgan fingerprint density at radius 2 is 1.93 bits per heavy atom. The molecule has 1 aliphatic rings. The summed E-state index contributed by atoms with van der Waals surface area (Å²) in [5, 5.41) is 2.19. The van der Waals surface area contributed by atoms with Gasteiger partial charge < -0.3 is 5.32 Å². The maximum Gasteiger partial charge on any atom is 0.417 e. The summed E-state index contributed by atoms with van der Waals surface area (Å²) >= 11 is 5.51. The van der Waals surface area contributed by atoms with Crippen molar-refractivity contribution in [2.75, 3.05) is 26.2 Å². The van der Waals surface area contributed by atoms with E-state index in [9.17, 15) is 26.4 Å². The van der Waals surface area contributed by atoms with E-state index < -0.39 is 31.7 Å². The van der Waals surface area contributed by atoms with Crippen LogP contribution in [0.3, 0.4) is 0 Å². The number of halogens is 4. The van der Waals surface area contributed by atoms with Gasteiger partial charge in [0.25, 0.3) is 0 Å². The lowest BCUT2D eigenvalue weighted by atomic mass is 9.98. The fourth-order valence-corrected chi connectivity index (χ4v) is 4.50. The molecule has 0 saturated carbocycles. The SMILES string of the molecule is CC1CCN(C(C)CNC(=O)CCNS(=O)(=O)c2ccc(Cl)c(C(F)(F)F)c2)CC1. The summed E-state index contributed by atoms with van der Waals surface area (Å²) in [6.07, 6.45) is -2.64. The Labute approximate surface area is 180 Å². The van der Waals surface area contributed by atoms with E-state index >= 15 is 0 Å². The first-order valence-electron chi connectivity index (χ1n) is 9.77. The average molecular weight is 470 g/mol. The molecule has 0 bridgehead atoms. The summed E-state index contributed by atoms with van der Waals surface area (Å²) in [5.41, 5.74) is -1.23. The maximum absolute atomic E-state index is 12.9. The third-order valence-electron chi connectivity index (χ3n) is 5.23. The van der Waals surface area contributed by atoms with Crippen LogP contribution < -0.4 is 10.0 Å². The molecule has 0 aliphatic carbocycles. The van der Waals surface area contributed by atoms with Crippen LogP contribution in [0.2, 0.25) is 5.02 Å². The van der Waals surface area contributed by atoms with Gasteiger partial charge in [-0.2, -0.15) is 13.2 Å². The van der Waals surface area contributed by atoms with Crippen LogP contribution in [0, 0.1) is 5.92 Å². The van der Waals surface area contributed by atoms with Crippen molar-refractivity contribution in [1.29, 1.82) is 0 Å². The number of alkyl halides is 3. The van der Waals surface area contributed by atoms with Crippen molar-refractivity contribution >= 4 is 27.5 Å². The van der Waals surface area contributed by atoms with Gasteiger partial charge in [0.15, 0.2) is 0 Å². The quantitative estimate of drug-likeness (QED) is 0.612. The van der Waals surface area contributed by atoms with Crippen molar-refractivity contribution in [3.63, 3.8) is 0 Å². The number of amides is 1. The molecule has 1 unspecified atom stereocenters. The standard InChI is InChI=1S/C19H27ClF3N3O3S/c1-13-6-9-26(10-7-13)14(2)12-24-18(27)5-8-25-30(28,29)15-3-4-17(20)16(11-15)19(21,22)23/h3-4,11,13-14,25H,5-10,12H2,1-2H3,(H,24,27). The highest BCUT2D eigenvalue weighted by atomic mass is 35.5.